The number of allylic oxidation sites excluding steroid dienone is 5. The van der Waals surface area contributed by atoms with Crippen molar-refractivity contribution in [2.24, 2.45) is 0 Å². The molecule has 0 radical (unpaired) electrons. The summed E-state index contributed by atoms with van der Waals surface area (Å²) in [7, 11) is 1.26. The number of quaternary nitrogens is 1. The fraction of sp³-hybridized carbons (Fsp3) is 0.894. The van der Waals surface area contributed by atoms with E-state index in [1.807, 2.05) is 27.2 Å². The Hall–Kier alpha value is -1.28. The van der Waals surface area contributed by atoms with Gasteiger partial charge >= 0.3 is 0 Å². The topological polar surface area (TPSA) is 108 Å². The summed E-state index contributed by atoms with van der Waals surface area (Å²) in [6.07, 6.45) is 75.7. The molecule has 75 heavy (non-hydrogen) atoms. The molecule has 0 aromatic carbocycles. The van der Waals surface area contributed by atoms with Gasteiger partial charge in [-0.1, -0.05) is 301 Å². The highest BCUT2D eigenvalue weighted by Gasteiger charge is 2.23. The number of aliphatic hydroxyl groups is 1. The van der Waals surface area contributed by atoms with Crippen LogP contribution in [0, 0.1) is 0 Å². The van der Waals surface area contributed by atoms with Crippen LogP contribution >= 0.6 is 7.82 Å². The quantitative estimate of drug-likeness (QED) is 0.0272. The number of likely N-dealkylation sites (N-methyl/N-ethyl adjacent to an activating group) is 1. The Balaban J connectivity index is 3.87. The van der Waals surface area contributed by atoms with Crippen molar-refractivity contribution < 1.29 is 32.9 Å². The first kappa shape index (κ1) is 73.7. The molecule has 0 aromatic rings. The molecular weight excluding hydrogens is 948 g/mol. The zero-order valence-corrected chi connectivity index (χ0v) is 51.7. The summed E-state index contributed by atoms with van der Waals surface area (Å²) < 4.78 is 23.3. The van der Waals surface area contributed by atoms with E-state index in [4.69, 9.17) is 9.05 Å². The van der Waals surface area contributed by atoms with Gasteiger partial charge in [0.25, 0.3) is 7.82 Å². The van der Waals surface area contributed by atoms with Crippen molar-refractivity contribution in [3.63, 3.8) is 0 Å². The number of rotatable bonds is 61. The Labute approximate surface area is 467 Å². The van der Waals surface area contributed by atoms with Crippen LogP contribution in [0.3, 0.4) is 0 Å². The number of unbranched alkanes of at least 4 members (excludes halogenated alkanes) is 44. The monoisotopic (exact) mass is 1080 g/mol. The minimum atomic E-state index is -4.60. The van der Waals surface area contributed by atoms with Crippen molar-refractivity contribution in [1.82, 2.24) is 5.32 Å². The van der Waals surface area contributed by atoms with Gasteiger partial charge in [0.05, 0.1) is 39.9 Å². The van der Waals surface area contributed by atoms with Crippen LogP contribution in [0.25, 0.3) is 0 Å². The van der Waals surface area contributed by atoms with E-state index >= 15 is 0 Å². The Morgan fingerprint density at radius 3 is 1.08 bits per heavy atom. The van der Waals surface area contributed by atoms with Crippen LogP contribution in [0.1, 0.15) is 328 Å². The normalized spacial score (nSPS) is 14.0. The molecule has 0 rings (SSSR count). The summed E-state index contributed by atoms with van der Waals surface area (Å²) in [5.74, 6) is -0.202. The lowest BCUT2D eigenvalue weighted by Gasteiger charge is -2.29. The maximum Gasteiger partial charge on any atom is 0.268 e. The highest BCUT2D eigenvalue weighted by Crippen LogP contribution is 2.38. The number of phosphoric acid groups is 1. The number of nitrogens with one attached hydrogen (secondary N) is 1. The third kappa shape index (κ3) is 60.2. The van der Waals surface area contributed by atoms with E-state index in [0.717, 1.165) is 38.5 Å². The second-order valence-corrected chi connectivity index (χ2v) is 25.2. The minimum Gasteiger partial charge on any atom is -0.756 e. The van der Waals surface area contributed by atoms with E-state index in [0.29, 0.717) is 17.4 Å². The molecule has 0 saturated heterocycles. The van der Waals surface area contributed by atoms with Gasteiger partial charge in [-0.2, -0.15) is 0 Å². The number of hydrogen-bond donors (Lipinski definition) is 2. The molecule has 0 aromatic heterocycles. The molecule has 444 valence electrons. The highest BCUT2D eigenvalue weighted by atomic mass is 31.2. The number of phosphoric ester groups is 1. The molecule has 3 atom stereocenters. The SMILES string of the molecule is CCCCCCCCCC/C=C\CCCCCCCCCCCCCCCCCCCCCCCCCCCCCC(=O)NC(COP(=O)([O-])OCC[N+](C)(C)C)C(O)/C=C/CC/C=C/CCCCCCCCCC. The van der Waals surface area contributed by atoms with Gasteiger partial charge < -0.3 is 28.8 Å². The van der Waals surface area contributed by atoms with Crippen LogP contribution < -0.4 is 10.2 Å². The molecule has 0 bridgehead atoms. The van der Waals surface area contributed by atoms with Crippen molar-refractivity contribution >= 4 is 13.7 Å². The summed E-state index contributed by atoms with van der Waals surface area (Å²) in [6, 6.07) is -0.901. The lowest BCUT2D eigenvalue weighted by atomic mass is 10.0. The Morgan fingerprint density at radius 2 is 0.747 bits per heavy atom. The Kier molecular flexibility index (Phi) is 56.4. The predicted octanol–water partition coefficient (Wildman–Crippen LogP) is 19.9. The zero-order chi connectivity index (χ0) is 54.9. The molecule has 0 aliphatic heterocycles. The van der Waals surface area contributed by atoms with Gasteiger partial charge in [-0.15, -0.1) is 0 Å². The molecule has 0 fully saturated rings. The third-order valence-electron chi connectivity index (χ3n) is 15.1. The van der Waals surface area contributed by atoms with Crippen LogP contribution in [0.15, 0.2) is 36.5 Å². The number of aliphatic hydroxyl groups excluding tert-OH is 1. The maximum absolute atomic E-state index is 13.0. The van der Waals surface area contributed by atoms with Gasteiger partial charge in [-0.05, 0) is 57.8 Å². The standard InChI is InChI=1S/C66H129N2O6P/c1-6-8-10-12-14-16-18-20-22-23-24-25-26-27-28-29-30-31-32-33-34-35-36-37-38-39-40-41-42-43-44-45-46-48-50-52-54-56-58-60-66(70)67-64(63-74-75(71,72)73-62-61-68(3,4)5)65(69)59-57-55-53-51-49-47-21-19-17-15-13-11-9-7-2/h23-24,49,51,57,59,64-65,69H,6-22,25-48,50,52-56,58,60-63H2,1-5H3,(H-,67,70,71,72)/b24-23-,51-49+,59-57+. The van der Waals surface area contributed by atoms with Crippen LogP contribution in [-0.4, -0.2) is 68.5 Å². The van der Waals surface area contributed by atoms with E-state index in [-0.39, 0.29) is 19.1 Å². The molecule has 0 aliphatic rings. The number of carbonyl (C=O) groups is 1. The number of carbonyl (C=O) groups excluding carboxylic acids is 1. The maximum atomic E-state index is 13.0. The molecule has 9 heteroatoms. The van der Waals surface area contributed by atoms with Crippen molar-refractivity contribution in [3.05, 3.63) is 36.5 Å². The summed E-state index contributed by atoms with van der Waals surface area (Å²) in [6.45, 7) is 4.65. The predicted molar refractivity (Wildman–Crippen MR) is 325 cm³/mol. The molecule has 0 heterocycles. The molecule has 0 saturated carbocycles. The number of nitrogens with zero attached hydrogens (tertiary/aromatic N) is 1. The van der Waals surface area contributed by atoms with Gasteiger partial charge in [0.2, 0.25) is 5.91 Å². The molecule has 3 unspecified atom stereocenters. The summed E-state index contributed by atoms with van der Waals surface area (Å²) >= 11 is 0. The molecule has 2 N–H and O–H groups in total. The van der Waals surface area contributed by atoms with E-state index in [2.05, 4.69) is 43.5 Å². The average molecular weight is 1080 g/mol. The van der Waals surface area contributed by atoms with Gasteiger partial charge in [-0.25, -0.2) is 0 Å². The van der Waals surface area contributed by atoms with Gasteiger partial charge in [-0.3, -0.25) is 9.36 Å². The fourth-order valence-electron chi connectivity index (χ4n) is 9.93. The average Bonchev–Trinajstić information content (AvgIpc) is 3.37. The highest BCUT2D eigenvalue weighted by molar-refractivity contribution is 7.45. The minimum absolute atomic E-state index is 0.00453. The second kappa shape index (κ2) is 57.4. The summed E-state index contributed by atoms with van der Waals surface area (Å²) in [5.41, 5.74) is 0. The van der Waals surface area contributed by atoms with Crippen LogP contribution in [-0.2, 0) is 18.4 Å². The number of amides is 1. The van der Waals surface area contributed by atoms with E-state index in [9.17, 15) is 19.4 Å². The van der Waals surface area contributed by atoms with E-state index < -0.39 is 20.0 Å². The van der Waals surface area contributed by atoms with Gasteiger partial charge in [0.1, 0.15) is 13.2 Å². The largest absolute Gasteiger partial charge is 0.756 e. The smallest absolute Gasteiger partial charge is 0.268 e. The third-order valence-corrected chi connectivity index (χ3v) is 16.0. The van der Waals surface area contributed by atoms with E-state index in [1.54, 1.807) is 6.08 Å². The van der Waals surface area contributed by atoms with Crippen molar-refractivity contribution in [3.8, 4) is 0 Å². The lowest BCUT2D eigenvalue weighted by molar-refractivity contribution is -0.870. The molecule has 0 spiro atoms. The first-order chi connectivity index (χ1) is 36.5. The van der Waals surface area contributed by atoms with Crippen molar-refractivity contribution in [2.45, 2.75) is 341 Å². The lowest BCUT2D eigenvalue weighted by Crippen LogP contribution is -2.45. The fourth-order valence-corrected chi connectivity index (χ4v) is 10.7. The van der Waals surface area contributed by atoms with Crippen LogP contribution in [0.2, 0.25) is 0 Å². The van der Waals surface area contributed by atoms with Crippen molar-refractivity contribution in [1.29, 1.82) is 0 Å². The van der Waals surface area contributed by atoms with Gasteiger partial charge in [0.15, 0.2) is 0 Å². The van der Waals surface area contributed by atoms with E-state index in [1.165, 1.54) is 270 Å². The van der Waals surface area contributed by atoms with Crippen LogP contribution in [0.5, 0.6) is 0 Å². The molecule has 8 nitrogen and oxygen atoms in total. The molecule has 0 aliphatic carbocycles. The molecule has 1 amide bonds. The first-order valence-corrected chi connectivity index (χ1v) is 34.3. The Bertz CT molecular complexity index is 1320. The van der Waals surface area contributed by atoms with Gasteiger partial charge in [0, 0.05) is 6.42 Å². The summed E-state index contributed by atoms with van der Waals surface area (Å²) in [4.78, 5) is 25.5. The number of hydrogen-bond acceptors (Lipinski definition) is 6. The first-order valence-electron chi connectivity index (χ1n) is 32.9. The molecular formula is C66H129N2O6P. The van der Waals surface area contributed by atoms with Crippen molar-refractivity contribution in [2.75, 3.05) is 40.9 Å². The summed E-state index contributed by atoms with van der Waals surface area (Å²) in [5, 5.41) is 13.9. The Morgan fingerprint density at radius 1 is 0.453 bits per heavy atom. The second-order valence-electron chi connectivity index (χ2n) is 23.8. The zero-order valence-electron chi connectivity index (χ0n) is 50.8. The van der Waals surface area contributed by atoms with Crippen LogP contribution in [0.4, 0.5) is 0 Å².